The van der Waals surface area contributed by atoms with Crippen LogP contribution in [0.25, 0.3) is 41.8 Å². The molecule has 2 saturated carbocycles. The van der Waals surface area contributed by atoms with Crippen LogP contribution in [0.1, 0.15) is 303 Å². The normalized spacial score (nSPS) is 21.2. The molecule has 736 valence electrons. The first kappa shape index (κ1) is 103. The molecule has 14 heterocycles. The van der Waals surface area contributed by atoms with Gasteiger partial charge in [-0.3, -0.25) is 38.4 Å². The average Bonchev–Trinajstić information content (AvgIpc) is 1.61. The number of aryl methyl sites for hydroxylation is 3. The molecule has 2 aliphatic carbocycles. The van der Waals surface area contributed by atoms with Crippen LogP contribution in [0.5, 0.6) is 0 Å². The van der Waals surface area contributed by atoms with E-state index in [-0.39, 0.29) is 175 Å². The molecule has 41 heteroatoms. The number of carbonyl (C=O) groups is 8. The summed E-state index contributed by atoms with van der Waals surface area (Å²) in [5.41, 5.74) is 5.49. The van der Waals surface area contributed by atoms with Crippen LogP contribution in [0.15, 0.2) is 49.1 Å². The first-order chi connectivity index (χ1) is 64.5. The second-order valence-electron chi connectivity index (χ2n) is 38.4. The monoisotopic (exact) mass is 1970 g/mol. The first-order valence-corrected chi connectivity index (χ1v) is 52.3. The summed E-state index contributed by atoms with van der Waals surface area (Å²) in [6.07, 6.45) is 17.7. The highest BCUT2D eigenvalue weighted by atomic mass is 32.2. The van der Waals surface area contributed by atoms with Gasteiger partial charge in [-0.2, -0.15) is 4.31 Å². The maximum atomic E-state index is 14.2. The molecule has 8 aromatic heterocycles. The third-order valence-electron chi connectivity index (χ3n) is 25.9. The molecule has 9 atom stereocenters. The number of hydrogen-bond acceptors (Lipinski definition) is 29. The Morgan fingerprint density at radius 3 is 1.16 bits per heavy atom. The maximum absolute atomic E-state index is 14.2. The van der Waals surface area contributed by atoms with Crippen LogP contribution in [-0.2, 0) is 10.0 Å². The number of aliphatic hydroxyl groups excluding tert-OH is 3. The standard InChI is InChI=1S/C25H33N5O3S.C24H31F2N5O3S.C23H32N6O4S2.C23H33N5O3S/c1-4-14(3)27-20-11-13(2)17(12-26-20)22-21(25(33)30-15-5-6-16(30)8-7-15)29-24(34-22)23(32)28-18-9-10-19(18)31;1-12-6-5-9-31(12)23(34)18-19(35-22(29-18)21(33)28-15-7-8-16(15)32)14-11-27-17(30-24(2,3)4)10-13(14)20(25)26;1-13(2)25-18-9-14(3)17(10-24-18)20-19(23(31)29-8-6-7-15(29)4)27-22(34-20)21(30)26-16-11-28(12-16)35(5,32)33;1-6-16(12-29)26-21(30)22-27-19(23(31)28-9-7-8-15(28)5)20(32-22)17-11-24-18(10-14(17)4)25-13(2)3/h11-12,14-16,18-19,31H,4-10H2,1-3H3,(H,26,27)(H,28,32);10-12,15-16,20,32H,5-9H2,1-4H3,(H,27,30)(H,28,33);9-10,13,15-16H,6-8,11-12H2,1-5H3,(H,24,25)(H,26,30);10-11,13,15-16,29H,6-9,12H2,1-5H3,(H,24,25)(H,26,30)/t14-,15?,16?,18-,19-;12-,15-,16-;15-;15-,16+/m1000/s1. The Morgan fingerprint density at radius 1 is 0.485 bits per heavy atom. The smallest absolute Gasteiger partial charge is 0.280 e. The van der Waals surface area contributed by atoms with E-state index in [0.717, 1.165) is 157 Å². The number of fused-ring (bicyclic) bond motifs is 2. The molecule has 136 heavy (non-hydrogen) atoms. The third-order valence-corrected chi connectivity index (χ3v) is 31.5. The van der Waals surface area contributed by atoms with Crippen molar-refractivity contribution in [1.82, 2.24) is 85.0 Å². The summed E-state index contributed by atoms with van der Waals surface area (Å²) in [5, 5.41) is 54.0. The maximum Gasteiger partial charge on any atom is 0.280 e. The van der Waals surface area contributed by atoms with Gasteiger partial charge in [-0.1, -0.05) is 13.8 Å². The van der Waals surface area contributed by atoms with Crippen LogP contribution in [0, 0.1) is 20.8 Å². The number of nitrogens with one attached hydrogen (secondary N) is 8. The van der Waals surface area contributed by atoms with Crippen molar-refractivity contribution < 1.29 is 70.9 Å². The highest BCUT2D eigenvalue weighted by Gasteiger charge is 2.46. The zero-order valence-corrected chi connectivity index (χ0v) is 84.5. The summed E-state index contributed by atoms with van der Waals surface area (Å²) in [4.78, 5) is 151. The number of alkyl halides is 2. The molecule has 16 rings (SSSR count). The van der Waals surface area contributed by atoms with Crippen LogP contribution in [0.3, 0.4) is 0 Å². The molecule has 11 N–H and O–H groups in total. The van der Waals surface area contributed by atoms with Gasteiger partial charge in [0.2, 0.25) is 10.0 Å². The fourth-order valence-electron chi connectivity index (χ4n) is 17.6. The van der Waals surface area contributed by atoms with Gasteiger partial charge in [0.05, 0.1) is 68.7 Å². The van der Waals surface area contributed by atoms with Gasteiger partial charge in [0.15, 0.2) is 20.0 Å². The van der Waals surface area contributed by atoms with Gasteiger partial charge in [0.1, 0.15) is 46.0 Å². The summed E-state index contributed by atoms with van der Waals surface area (Å²) < 4.78 is 52.9. The quantitative estimate of drug-likeness (QED) is 0.0217. The van der Waals surface area contributed by atoms with E-state index in [0.29, 0.717) is 83.2 Å². The van der Waals surface area contributed by atoms with Gasteiger partial charge < -0.3 is 77.5 Å². The Hall–Kier alpha value is -10.3. The van der Waals surface area contributed by atoms with E-state index in [1.165, 1.54) is 39.2 Å². The number of sulfonamides is 1. The first-order valence-electron chi connectivity index (χ1n) is 47.2. The molecule has 2 bridgehead atoms. The number of aliphatic hydroxyl groups is 3. The van der Waals surface area contributed by atoms with Crippen molar-refractivity contribution in [2.24, 2.45) is 0 Å². The number of aromatic nitrogens is 8. The molecular formula is C95H129F2N21O13S5. The van der Waals surface area contributed by atoms with Crippen LogP contribution < -0.4 is 42.5 Å². The van der Waals surface area contributed by atoms with E-state index in [4.69, 9.17) is 0 Å². The minimum Gasteiger partial charge on any atom is -0.394 e. The number of halogens is 2. The Labute approximate surface area is 809 Å². The van der Waals surface area contributed by atoms with E-state index < -0.39 is 40.5 Å². The van der Waals surface area contributed by atoms with E-state index in [1.54, 1.807) is 23.5 Å². The fraction of sp³-hybridized carbons (Fsp3) is 0.579. The van der Waals surface area contributed by atoms with E-state index in [2.05, 4.69) is 96.3 Å². The van der Waals surface area contributed by atoms with Crippen molar-refractivity contribution in [3.05, 3.63) is 114 Å². The molecule has 8 aromatic rings. The molecule has 8 fully saturated rings. The van der Waals surface area contributed by atoms with E-state index in [1.807, 2.05) is 130 Å². The lowest BCUT2D eigenvalue weighted by atomic mass is 9.89. The molecule has 6 saturated heterocycles. The number of anilines is 4. The van der Waals surface area contributed by atoms with E-state index >= 15 is 0 Å². The second kappa shape index (κ2) is 44.3. The number of pyridine rings is 4. The van der Waals surface area contributed by atoms with Crippen molar-refractivity contribution in [2.75, 3.05) is 66.9 Å². The fourth-order valence-corrected chi connectivity index (χ4v) is 22.6. The molecule has 0 aromatic carbocycles. The highest BCUT2D eigenvalue weighted by Crippen LogP contribution is 2.45. The predicted molar refractivity (Wildman–Crippen MR) is 526 cm³/mol. The van der Waals surface area contributed by atoms with Gasteiger partial charge in [-0.05, 0) is 241 Å². The zero-order chi connectivity index (χ0) is 98.4. The average molecular weight is 1970 g/mol. The van der Waals surface area contributed by atoms with Gasteiger partial charge in [0, 0.05) is 139 Å². The summed E-state index contributed by atoms with van der Waals surface area (Å²) in [6, 6.07) is 7.45. The molecule has 0 spiro atoms. The summed E-state index contributed by atoms with van der Waals surface area (Å²) in [7, 11) is -3.27. The highest BCUT2D eigenvalue weighted by molar-refractivity contribution is 7.88. The summed E-state index contributed by atoms with van der Waals surface area (Å²) >= 11 is 4.48. The SMILES string of the molecule is CC[C@@H](C)Nc1cc(C)c(-c2sc(C(=O)N[C@@H]3CC[C@H]3O)nc2C(=O)N2C3CCC2CC3)cn1.CC[C@H](CO)NC(=O)c1nc(C(=O)N2CCC[C@@H]2C)c(-c2cnc(NC(C)C)cc2C)s1.C[C@H]1CCCN1C(=O)c1nc(C(=O)N[C@H]2CC[C@@H]2O)sc1-c1cnc(NC(C)(C)C)cc1C(F)F.Cc1cc(NC(C)C)ncc1-c1sc(C(=O)NC2CN(S(C)(=O)=O)C2)nc1C(=O)N1CCC[C@@H]1C. The third kappa shape index (κ3) is 24.3. The minimum atomic E-state index is -3.27. The molecule has 0 radical (unpaired) electrons. The van der Waals surface area contributed by atoms with Gasteiger partial charge in [-0.25, -0.2) is 57.1 Å². The molecular weight excluding hydrogens is 1840 g/mol. The van der Waals surface area contributed by atoms with Crippen molar-refractivity contribution in [2.45, 2.75) is 310 Å². The van der Waals surface area contributed by atoms with Gasteiger partial charge in [0.25, 0.3) is 53.7 Å². The van der Waals surface area contributed by atoms with Crippen molar-refractivity contribution in [1.29, 1.82) is 0 Å². The molecule has 34 nitrogen and oxygen atoms in total. The molecule has 8 amide bonds. The van der Waals surface area contributed by atoms with Crippen molar-refractivity contribution >= 4 is 126 Å². The van der Waals surface area contributed by atoms with E-state index in [9.17, 15) is 70.9 Å². The Balaban J connectivity index is 0.000000153. The lowest BCUT2D eigenvalue weighted by molar-refractivity contribution is 0.0447. The number of hydrogen-bond donors (Lipinski definition) is 11. The summed E-state index contributed by atoms with van der Waals surface area (Å²) in [5.74, 6) is 0.118. The van der Waals surface area contributed by atoms with Crippen LogP contribution in [0.4, 0.5) is 32.1 Å². The Morgan fingerprint density at radius 2 is 0.846 bits per heavy atom. The summed E-state index contributed by atoms with van der Waals surface area (Å²) in [6.45, 7) is 34.1. The lowest BCUT2D eigenvalue weighted by Gasteiger charge is -2.37. The Kier molecular flexibility index (Phi) is 33.6. The molecule has 8 aliphatic rings. The molecule has 0 unspecified atom stereocenters. The van der Waals surface area contributed by atoms with Crippen molar-refractivity contribution in [3.63, 3.8) is 0 Å². The molecule has 6 aliphatic heterocycles. The van der Waals surface area contributed by atoms with Gasteiger partial charge >= 0.3 is 0 Å². The topological polar surface area (TPSA) is 447 Å². The van der Waals surface area contributed by atoms with Crippen LogP contribution in [0.2, 0.25) is 0 Å². The minimum absolute atomic E-state index is 0.00795. The second-order valence-corrected chi connectivity index (χ2v) is 44.4. The van der Waals surface area contributed by atoms with Crippen LogP contribution in [-0.4, -0.2) is 271 Å². The largest absolute Gasteiger partial charge is 0.394 e. The van der Waals surface area contributed by atoms with Crippen LogP contribution >= 0.6 is 45.3 Å². The number of carbonyl (C=O) groups excluding carboxylic acids is 8. The number of amides is 8. The Bertz CT molecular complexity index is 5790. The number of rotatable bonds is 28. The predicted octanol–water partition coefficient (Wildman–Crippen LogP) is 13.8. The van der Waals surface area contributed by atoms with Gasteiger partial charge in [-0.15, -0.1) is 45.3 Å². The number of likely N-dealkylation sites (tertiary alicyclic amines) is 3. The lowest BCUT2D eigenvalue weighted by Crippen LogP contribution is -2.60. The number of thiazole rings is 4. The number of nitrogens with zero attached hydrogens (tertiary/aromatic N) is 13. The zero-order valence-electron chi connectivity index (χ0n) is 80.4. The van der Waals surface area contributed by atoms with Crippen molar-refractivity contribution in [3.8, 4) is 41.8 Å².